The zero-order valence-corrected chi connectivity index (χ0v) is 30.2. The van der Waals surface area contributed by atoms with E-state index in [1.54, 1.807) is 12.1 Å². The molecule has 10 rings (SSSR count). The lowest BCUT2D eigenvalue weighted by Crippen LogP contribution is -2.59. The first-order valence-electron chi connectivity index (χ1n) is 18.9. The number of hydrogen-bond acceptors (Lipinski definition) is 10. The molecule has 6 heterocycles. The summed E-state index contributed by atoms with van der Waals surface area (Å²) in [4.78, 5) is 32.2. The Hall–Kier alpha value is -4.54. The van der Waals surface area contributed by atoms with Gasteiger partial charge in [0.1, 0.15) is 11.5 Å². The molecule has 2 saturated heterocycles. The van der Waals surface area contributed by atoms with Gasteiger partial charge in [0.25, 0.3) is 0 Å². The van der Waals surface area contributed by atoms with Gasteiger partial charge in [-0.15, -0.1) is 0 Å². The van der Waals surface area contributed by atoms with Gasteiger partial charge in [0, 0.05) is 83.0 Å². The van der Waals surface area contributed by atoms with Gasteiger partial charge in [-0.3, -0.25) is 9.80 Å². The first-order chi connectivity index (χ1) is 25.1. The van der Waals surface area contributed by atoms with E-state index >= 15 is 0 Å². The lowest BCUT2D eigenvalue weighted by atomic mass is 9.54. The molecule has 52 heavy (non-hydrogen) atoms. The number of aromatic hydroxyl groups is 2. The molecule has 7 atom stereocenters. The van der Waals surface area contributed by atoms with Crippen molar-refractivity contribution in [1.82, 2.24) is 9.80 Å². The van der Waals surface area contributed by atoms with E-state index < -0.39 is 10.8 Å². The van der Waals surface area contributed by atoms with Crippen LogP contribution in [0.5, 0.6) is 11.5 Å². The Morgan fingerprint density at radius 2 is 1.46 bits per heavy atom. The standard InChI is InChI=1S/C42H46N4O6/c1-5-39-11-7-15-45-16-13-42(37(39)45)28-19-24(32(48)20-30(28)44-34(42)25(21-39)35(49)51-3)31-10-12-40(6-2)22-26(36(50)52-4)33-41(14-17-46(31)38(40)41)27-9-8-23(47)18-29(27)43-33/h7-12,18-20,31,37-38,43-44,47-48H,5-6,13-17,21-22H2,1-4H3. The predicted molar refractivity (Wildman–Crippen MR) is 196 cm³/mol. The van der Waals surface area contributed by atoms with Crippen LogP contribution in [0.1, 0.15) is 75.1 Å². The Balaban J connectivity index is 1.15. The van der Waals surface area contributed by atoms with E-state index in [-0.39, 0.29) is 52.4 Å². The molecule has 6 aliphatic heterocycles. The molecule has 0 radical (unpaired) electrons. The molecule has 10 nitrogen and oxygen atoms in total. The van der Waals surface area contributed by atoms with E-state index in [1.165, 1.54) is 14.2 Å². The summed E-state index contributed by atoms with van der Waals surface area (Å²) in [5.74, 6) is -0.218. The largest absolute Gasteiger partial charge is 0.508 e. The molecule has 2 fully saturated rings. The number of phenolic OH excluding ortho intramolecular Hbond substituents is 2. The van der Waals surface area contributed by atoms with Gasteiger partial charge in [-0.1, -0.05) is 44.2 Å². The molecular formula is C42H46N4O6. The van der Waals surface area contributed by atoms with Crippen LogP contribution in [-0.2, 0) is 29.9 Å². The van der Waals surface area contributed by atoms with Crippen LogP contribution in [0.2, 0.25) is 0 Å². The summed E-state index contributed by atoms with van der Waals surface area (Å²) in [6.07, 6.45) is 13.7. The van der Waals surface area contributed by atoms with Crippen LogP contribution in [0.15, 0.2) is 77.2 Å². The van der Waals surface area contributed by atoms with Gasteiger partial charge >= 0.3 is 11.9 Å². The van der Waals surface area contributed by atoms with E-state index in [4.69, 9.17) is 9.47 Å². The fraction of sp³-hybridized carbons (Fsp3) is 0.476. The summed E-state index contributed by atoms with van der Waals surface area (Å²) in [7, 11) is 2.91. The quantitative estimate of drug-likeness (QED) is 0.221. The van der Waals surface area contributed by atoms with Crippen molar-refractivity contribution >= 4 is 23.3 Å². The maximum atomic E-state index is 13.5. The maximum Gasteiger partial charge on any atom is 0.335 e. The second kappa shape index (κ2) is 10.5. The van der Waals surface area contributed by atoms with Crippen molar-refractivity contribution in [3.63, 3.8) is 0 Å². The Labute approximate surface area is 303 Å². The highest BCUT2D eigenvalue weighted by atomic mass is 16.5. The van der Waals surface area contributed by atoms with Gasteiger partial charge in [-0.2, -0.15) is 0 Å². The number of benzene rings is 2. The number of methoxy groups -OCH3 is 2. The first-order valence-corrected chi connectivity index (χ1v) is 18.9. The minimum Gasteiger partial charge on any atom is -0.508 e. The van der Waals surface area contributed by atoms with Crippen molar-refractivity contribution in [1.29, 1.82) is 0 Å². The number of nitrogens with one attached hydrogen (secondary N) is 2. The minimum atomic E-state index is -0.522. The molecule has 0 bridgehead atoms. The number of carbonyl (C=O) groups excluding carboxylic acids is 2. The van der Waals surface area contributed by atoms with Gasteiger partial charge in [-0.25, -0.2) is 9.59 Å². The number of anilines is 2. The van der Waals surface area contributed by atoms with E-state index in [0.717, 1.165) is 84.8 Å². The number of hydrogen-bond donors (Lipinski definition) is 4. The summed E-state index contributed by atoms with van der Waals surface area (Å²) < 4.78 is 10.8. The lowest BCUT2D eigenvalue weighted by molar-refractivity contribution is -0.138. The smallest absolute Gasteiger partial charge is 0.335 e. The first kappa shape index (κ1) is 32.1. The van der Waals surface area contributed by atoms with Crippen LogP contribution in [0.3, 0.4) is 0 Å². The molecule has 0 amide bonds. The van der Waals surface area contributed by atoms with Gasteiger partial charge in [0.15, 0.2) is 0 Å². The molecule has 7 unspecified atom stereocenters. The zero-order valence-electron chi connectivity index (χ0n) is 30.2. The summed E-state index contributed by atoms with van der Waals surface area (Å²) in [5.41, 5.74) is 6.43. The number of phenols is 2. The molecule has 8 aliphatic rings. The molecule has 10 heteroatoms. The molecule has 2 spiro atoms. The topological polar surface area (TPSA) is 124 Å². The summed E-state index contributed by atoms with van der Waals surface area (Å²) in [5, 5.41) is 29.8. The average Bonchev–Trinajstić information content (AvgIpc) is 3.92. The minimum absolute atomic E-state index is 0.0140. The second-order valence-electron chi connectivity index (χ2n) is 16.3. The van der Waals surface area contributed by atoms with Crippen LogP contribution in [0, 0.1) is 10.8 Å². The third-order valence-corrected chi connectivity index (χ3v) is 14.7. The third kappa shape index (κ3) is 3.62. The average molecular weight is 703 g/mol. The Kier molecular flexibility index (Phi) is 6.51. The number of rotatable bonds is 5. The van der Waals surface area contributed by atoms with Crippen molar-refractivity contribution in [2.24, 2.45) is 10.8 Å². The maximum absolute atomic E-state index is 13.5. The zero-order chi connectivity index (χ0) is 35.9. The number of ether oxygens (including phenoxy) is 2. The summed E-state index contributed by atoms with van der Waals surface area (Å²) in [6.45, 7) is 6.99. The van der Waals surface area contributed by atoms with Crippen LogP contribution in [0.4, 0.5) is 11.4 Å². The van der Waals surface area contributed by atoms with Gasteiger partial charge in [0.2, 0.25) is 0 Å². The molecular weight excluding hydrogens is 656 g/mol. The Bertz CT molecular complexity index is 2120. The van der Waals surface area contributed by atoms with Crippen LogP contribution in [0.25, 0.3) is 0 Å². The SMILES string of the molecule is CCC12C=CCN3CCC4(C(=C(C(=O)OC)C1)Nc1cc(O)c(C5C=CC6(CC)CC(C(=O)OC)=C7Nc8cc(O)ccc8C78CCN5C68)cc14)C32. The third-order valence-electron chi connectivity index (χ3n) is 14.7. The van der Waals surface area contributed by atoms with Crippen LogP contribution >= 0.6 is 0 Å². The molecule has 0 saturated carbocycles. The monoisotopic (exact) mass is 702 g/mol. The van der Waals surface area contributed by atoms with Crippen molar-refractivity contribution in [2.75, 3.05) is 44.5 Å². The normalized spacial score (nSPS) is 36.0. The number of nitrogens with zero attached hydrogens (tertiary/aromatic N) is 2. The van der Waals surface area contributed by atoms with Gasteiger partial charge in [-0.05, 0) is 61.8 Å². The fourth-order valence-corrected chi connectivity index (χ4v) is 12.7. The van der Waals surface area contributed by atoms with E-state index in [2.05, 4.69) is 64.7 Å². The van der Waals surface area contributed by atoms with Gasteiger partial charge < -0.3 is 30.3 Å². The van der Waals surface area contributed by atoms with Crippen LogP contribution in [-0.4, -0.2) is 77.9 Å². The molecule has 2 aromatic carbocycles. The molecule has 4 N–H and O–H groups in total. The van der Waals surface area contributed by atoms with Gasteiger partial charge in [0.05, 0.1) is 42.2 Å². The molecule has 270 valence electrons. The number of esters is 2. The number of carbonyl (C=O) groups is 2. The van der Waals surface area contributed by atoms with Crippen molar-refractivity contribution < 1.29 is 29.3 Å². The van der Waals surface area contributed by atoms with E-state index in [1.807, 2.05) is 12.1 Å². The van der Waals surface area contributed by atoms with Crippen molar-refractivity contribution in [3.8, 4) is 11.5 Å². The molecule has 2 aliphatic carbocycles. The van der Waals surface area contributed by atoms with E-state index in [9.17, 15) is 19.8 Å². The Morgan fingerprint density at radius 3 is 2.13 bits per heavy atom. The Morgan fingerprint density at radius 1 is 0.827 bits per heavy atom. The fourth-order valence-electron chi connectivity index (χ4n) is 12.7. The molecule has 2 aromatic rings. The highest BCUT2D eigenvalue weighted by Crippen LogP contribution is 2.68. The predicted octanol–water partition coefficient (Wildman–Crippen LogP) is 5.91. The summed E-state index contributed by atoms with van der Waals surface area (Å²) >= 11 is 0. The highest BCUT2D eigenvalue weighted by Gasteiger charge is 2.68. The van der Waals surface area contributed by atoms with E-state index in [0.29, 0.717) is 24.0 Å². The number of fused-ring (bicyclic) bond motifs is 2. The van der Waals surface area contributed by atoms with Crippen molar-refractivity contribution in [2.45, 2.75) is 81.3 Å². The lowest BCUT2D eigenvalue weighted by Gasteiger charge is -2.55. The van der Waals surface area contributed by atoms with Crippen LogP contribution < -0.4 is 10.6 Å². The highest BCUT2D eigenvalue weighted by molar-refractivity contribution is 5.94. The molecule has 0 aromatic heterocycles. The summed E-state index contributed by atoms with van der Waals surface area (Å²) in [6, 6.07) is 9.58. The second-order valence-corrected chi connectivity index (χ2v) is 16.3. The van der Waals surface area contributed by atoms with Crippen molar-refractivity contribution in [3.05, 3.63) is 93.9 Å².